The van der Waals surface area contributed by atoms with Gasteiger partial charge in [-0.3, -0.25) is 9.59 Å². The molecule has 160 valence electrons. The Morgan fingerprint density at radius 1 is 1.33 bits per heavy atom. The van der Waals surface area contributed by atoms with Crippen molar-refractivity contribution in [2.24, 2.45) is 0 Å². The van der Waals surface area contributed by atoms with Crippen LogP contribution in [0, 0.1) is 6.92 Å². The summed E-state index contributed by atoms with van der Waals surface area (Å²) in [5, 5.41) is 9.14. The monoisotopic (exact) mass is 448 g/mol. The van der Waals surface area contributed by atoms with Gasteiger partial charge in [-0.05, 0) is 50.3 Å². The zero-order chi connectivity index (χ0) is 21.1. The molecule has 3 heterocycles. The highest BCUT2D eigenvalue weighted by atomic mass is 35.5. The molecule has 2 aromatic rings. The van der Waals surface area contributed by atoms with Crippen molar-refractivity contribution in [2.45, 2.75) is 44.8 Å². The van der Waals surface area contributed by atoms with Crippen molar-refractivity contribution in [1.82, 2.24) is 15.2 Å². The van der Waals surface area contributed by atoms with Crippen LogP contribution in [-0.4, -0.2) is 53.5 Å². The summed E-state index contributed by atoms with van der Waals surface area (Å²) in [6.07, 6.45) is 3.56. The Balaban J connectivity index is 1.39. The molecule has 2 unspecified atom stereocenters. The summed E-state index contributed by atoms with van der Waals surface area (Å²) in [6.45, 7) is 3.79. The number of carbonyl (C=O) groups excluding carboxylic acids is 2. The van der Waals surface area contributed by atoms with E-state index < -0.39 is 6.04 Å². The number of likely N-dealkylation sites (tertiary alicyclic amines) is 1. The van der Waals surface area contributed by atoms with Gasteiger partial charge in [-0.25, -0.2) is 4.98 Å². The summed E-state index contributed by atoms with van der Waals surface area (Å²) in [7, 11) is 0. The molecule has 7 nitrogen and oxygen atoms in total. The molecule has 1 aromatic heterocycles. The SMILES string of the molecule is Cc1ccc(Cl)cc1Nc1nc(C(=O)N2CCCC2C(=O)NCC2CCCO2)cs1. The van der Waals surface area contributed by atoms with E-state index in [1.807, 2.05) is 25.1 Å². The van der Waals surface area contributed by atoms with E-state index in [2.05, 4.69) is 15.6 Å². The number of halogens is 1. The largest absolute Gasteiger partial charge is 0.376 e. The van der Waals surface area contributed by atoms with E-state index in [4.69, 9.17) is 16.3 Å². The molecule has 2 N–H and O–H groups in total. The van der Waals surface area contributed by atoms with E-state index in [0.717, 1.165) is 37.1 Å². The standard InChI is InChI=1S/C21H25ClN4O3S/c1-13-6-7-14(22)10-16(13)24-21-25-17(12-30-21)20(28)26-8-2-5-18(26)19(27)23-11-15-4-3-9-29-15/h6-7,10,12,15,18H,2-5,8-9,11H2,1H3,(H,23,27)(H,24,25). The molecule has 0 saturated carbocycles. The van der Waals surface area contributed by atoms with Crippen LogP contribution in [0.2, 0.25) is 5.02 Å². The number of hydrogen-bond acceptors (Lipinski definition) is 6. The van der Waals surface area contributed by atoms with Gasteiger partial charge in [-0.2, -0.15) is 0 Å². The highest BCUT2D eigenvalue weighted by molar-refractivity contribution is 7.14. The molecule has 0 bridgehead atoms. The van der Waals surface area contributed by atoms with E-state index in [1.54, 1.807) is 10.3 Å². The maximum absolute atomic E-state index is 13.0. The average Bonchev–Trinajstić information content (AvgIpc) is 3.50. The first kappa shape index (κ1) is 21.1. The molecule has 2 aliphatic heterocycles. The van der Waals surface area contributed by atoms with E-state index >= 15 is 0 Å². The molecule has 2 saturated heterocycles. The molecule has 0 radical (unpaired) electrons. The Morgan fingerprint density at radius 2 is 2.20 bits per heavy atom. The zero-order valence-electron chi connectivity index (χ0n) is 16.8. The minimum Gasteiger partial charge on any atom is -0.376 e. The van der Waals surface area contributed by atoms with Gasteiger partial charge in [0.05, 0.1) is 6.10 Å². The lowest BCUT2D eigenvalue weighted by molar-refractivity contribution is -0.125. The highest BCUT2D eigenvalue weighted by Crippen LogP contribution is 2.28. The number of aryl methyl sites for hydroxylation is 1. The smallest absolute Gasteiger partial charge is 0.274 e. The van der Waals surface area contributed by atoms with Crippen LogP contribution in [0.3, 0.4) is 0 Å². The maximum atomic E-state index is 13.0. The summed E-state index contributed by atoms with van der Waals surface area (Å²) in [5.41, 5.74) is 2.23. The Morgan fingerprint density at radius 3 is 3.00 bits per heavy atom. The van der Waals surface area contributed by atoms with Crippen molar-refractivity contribution in [3.63, 3.8) is 0 Å². The Kier molecular flexibility index (Phi) is 6.55. The number of nitrogens with zero attached hydrogens (tertiary/aromatic N) is 2. The molecule has 2 amide bonds. The third kappa shape index (κ3) is 4.77. The molecule has 0 spiro atoms. The predicted molar refractivity (Wildman–Crippen MR) is 118 cm³/mol. The molecule has 2 aliphatic rings. The number of hydrogen-bond donors (Lipinski definition) is 2. The van der Waals surface area contributed by atoms with Crippen LogP contribution in [-0.2, 0) is 9.53 Å². The lowest BCUT2D eigenvalue weighted by Gasteiger charge is -2.23. The number of anilines is 2. The van der Waals surface area contributed by atoms with Crippen LogP contribution in [0.25, 0.3) is 0 Å². The first-order valence-corrected chi connectivity index (χ1v) is 11.5. The number of thiazole rings is 1. The van der Waals surface area contributed by atoms with Crippen LogP contribution in [0.4, 0.5) is 10.8 Å². The predicted octanol–water partition coefficient (Wildman–Crippen LogP) is 3.75. The van der Waals surface area contributed by atoms with Gasteiger partial charge >= 0.3 is 0 Å². The van der Waals surface area contributed by atoms with Crippen molar-refractivity contribution in [3.8, 4) is 0 Å². The van der Waals surface area contributed by atoms with E-state index in [9.17, 15) is 9.59 Å². The van der Waals surface area contributed by atoms with Crippen LogP contribution in [0.1, 0.15) is 41.7 Å². The summed E-state index contributed by atoms with van der Waals surface area (Å²) in [4.78, 5) is 31.8. The fourth-order valence-electron chi connectivity index (χ4n) is 3.84. The van der Waals surface area contributed by atoms with Gasteiger partial charge in [0.25, 0.3) is 5.91 Å². The van der Waals surface area contributed by atoms with E-state index in [1.165, 1.54) is 11.3 Å². The Bertz CT molecular complexity index is 929. The fourth-order valence-corrected chi connectivity index (χ4v) is 4.71. The quantitative estimate of drug-likeness (QED) is 0.703. The second-order valence-corrected chi connectivity index (χ2v) is 8.95. The maximum Gasteiger partial charge on any atom is 0.274 e. The normalized spacial score (nSPS) is 21.1. The molecular formula is C21H25ClN4O3S. The van der Waals surface area contributed by atoms with Crippen molar-refractivity contribution in [1.29, 1.82) is 0 Å². The summed E-state index contributed by atoms with van der Waals surface area (Å²) in [5.74, 6) is -0.323. The van der Waals surface area contributed by atoms with Crippen molar-refractivity contribution in [2.75, 3.05) is 25.0 Å². The van der Waals surface area contributed by atoms with Crippen LogP contribution in [0.15, 0.2) is 23.6 Å². The van der Waals surface area contributed by atoms with Crippen molar-refractivity contribution < 1.29 is 14.3 Å². The van der Waals surface area contributed by atoms with Gasteiger partial charge in [0.15, 0.2) is 5.13 Å². The highest BCUT2D eigenvalue weighted by Gasteiger charge is 2.35. The van der Waals surface area contributed by atoms with Crippen molar-refractivity contribution >= 4 is 45.6 Å². The molecule has 1 aromatic carbocycles. The lowest BCUT2D eigenvalue weighted by atomic mass is 10.2. The van der Waals surface area contributed by atoms with Gasteiger partial charge in [-0.15, -0.1) is 11.3 Å². The van der Waals surface area contributed by atoms with Gasteiger partial charge in [-0.1, -0.05) is 17.7 Å². The minimum atomic E-state index is -0.452. The molecule has 4 rings (SSSR count). The summed E-state index contributed by atoms with van der Waals surface area (Å²) in [6, 6.07) is 5.13. The first-order valence-electron chi connectivity index (χ1n) is 10.2. The minimum absolute atomic E-state index is 0.0848. The summed E-state index contributed by atoms with van der Waals surface area (Å²) < 4.78 is 5.56. The Hall–Kier alpha value is -2.16. The summed E-state index contributed by atoms with van der Waals surface area (Å²) >= 11 is 7.43. The number of benzene rings is 1. The number of aromatic nitrogens is 1. The molecule has 2 fully saturated rings. The third-order valence-electron chi connectivity index (χ3n) is 5.51. The average molecular weight is 449 g/mol. The topological polar surface area (TPSA) is 83.6 Å². The van der Waals surface area contributed by atoms with Crippen LogP contribution in [0.5, 0.6) is 0 Å². The second kappa shape index (κ2) is 9.32. The number of amides is 2. The number of nitrogens with one attached hydrogen (secondary N) is 2. The van der Waals surface area contributed by atoms with Gasteiger partial charge in [0.2, 0.25) is 5.91 Å². The van der Waals surface area contributed by atoms with Crippen LogP contribution >= 0.6 is 22.9 Å². The van der Waals surface area contributed by atoms with Crippen LogP contribution < -0.4 is 10.6 Å². The van der Waals surface area contributed by atoms with Gasteiger partial charge < -0.3 is 20.3 Å². The first-order chi connectivity index (χ1) is 14.5. The molecule has 2 atom stereocenters. The van der Waals surface area contributed by atoms with Gasteiger partial charge in [0, 0.05) is 35.8 Å². The molecule has 9 heteroatoms. The number of carbonyl (C=O) groups is 2. The molecule has 0 aliphatic carbocycles. The zero-order valence-corrected chi connectivity index (χ0v) is 18.4. The van der Waals surface area contributed by atoms with Gasteiger partial charge in [0.1, 0.15) is 11.7 Å². The van der Waals surface area contributed by atoms with Crippen molar-refractivity contribution in [3.05, 3.63) is 39.9 Å². The van der Waals surface area contributed by atoms with E-state index in [0.29, 0.717) is 35.4 Å². The fraction of sp³-hybridized carbons (Fsp3) is 0.476. The number of rotatable bonds is 6. The lowest BCUT2D eigenvalue weighted by Crippen LogP contribution is -2.47. The second-order valence-electron chi connectivity index (χ2n) is 7.66. The number of ether oxygens (including phenoxy) is 1. The third-order valence-corrected chi connectivity index (χ3v) is 6.50. The molecule has 30 heavy (non-hydrogen) atoms. The Labute approximate surface area is 184 Å². The van der Waals surface area contributed by atoms with E-state index in [-0.39, 0.29) is 17.9 Å². The molecular weight excluding hydrogens is 424 g/mol.